The number of carbonyl (C=O) groups excluding carboxylic acids is 4. The minimum atomic E-state index is -0.849. The molecule has 0 saturated carbocycles. The second kappa shape index (κ2) is 14.4. The SMILES string of the molecule is CC(C)CC1c2nnc(o2)[C@H](Cc2ccccc2)NC(=O)CNC(=O)[C@H](CC(C)C)NC(=O)CNC(=O)[C@@H]2CCCN12. The Balaban J connectivity index is 1.68. The average molecular weight is 582 g/mol. The topological polar surface area (TPSA) is 159 Å². The minimum Gasteiger partial charge on any atom is -0.421 e. The van der Waals surface area contributed by atoms with Gasteiger partial charge in [0.2, 0.25) is 35.4 Å². The molecule has 2 aliphatic rings. The van der Waals surface area contributed by atoms with Gasteiger partial charge in [-0.05, 0) is 49.6 Å². The first-order valence-electron chi connectivity index (χ1n) is 14.9. The van der Waals surface area contributed by atoms with Gasteiger partial charge in [0, 0.05) is 6.42 Å². The molecule has 4 rings (SSSR count). The van der Waals surface area contributed by atoms with Gasteiger partial charge in [0.1, 0.15) is 12.1 Å². The fraction of sp³-hybridized carbons (Fsp3) is 0.600. The highest BCUT2D eigenvalue weighted by Crippen LogP contribution is 2.34. The Morgan fingerprint density at radius 2 is 1.45 bits per heavy atom. The Kier molecular flexibility index (Phi) is 10.7. The number of amides is 4. The van der Waals surface area contributed by atoms with Crippen LogP contribution in [-0.2, 0) is 25.6 Å². The Bertz CT molecular complexity index is 1230. The van der Waals surface area contributed by atoms with Crippen LogP contribution in [0.25, 0.3) is 0 Å². The van der Waals surface area contributed by atoms with E-state index in [9.17, 15) is 19.2 Å². The zero-order chi connectivity index (χ0) is 30.2. The number of carbonyl (C=O) groups is 4. The molecule has 0 spiro atoms. The quantitative estimate of drug-likeness (QED) is 0.402. The molecule has 0 aliphatic carbocycles. The zero-order valence-electron chi connectivity index (χ0n) is 24.9. The minimum absolute atomic E-state index is 0.106. The monoisotopic (exact) mass is 581 g/mol. The summed E-state index contributed by atoms with van der Waals surface area (Å²) in [6.45, 7) is 8.18. The first-order chi connectivity index (χ1) is 20.1. The molecule has 1 unspecified atom stereocenters. The highest BCUT2D eigenvalue weighted by atomic mass is 16.4. The lowest BCUT2D eigenvalue weighted by molar-refractivity contribution is -0.132. The maximum atomic E-state index is 13.3. The molecule has 2 aliphatic heterocycles. The van der Waals surface area contributed by atoms with Crippen LogP contribution >= 0.6 is 0 Å². The predicted molar refractivity (Wildman–Crippen MR) is 155 cm³/mol. The van der Waals surface area contributed by atoms with E-state index in [0.29, 0.717) is 38.1 Å². The fourth-order valence-corrected chi connectivity index (χ4v) is 5.61. The molecule has 1 fully saturated rings. The predicted octanol–water partition coefficient (Wildman–Crippen LogP) is 1.80. The smallest absolute Gasteiger partial charge is 0.243 e. The molecule has 4 atom stereocenters. The number of hydrogen-bond acceptors (Lipinski definition) is 8. The molecule has 2 aromatic rings. The van der Waals surface area contributed by atoms with Crippen molar-refractivity contribution in [3.05, 3.63) is 47.7 Å². The zero-order valence-corrected chi connectivity index (χ0v) is 24.9. The number of nitrogens with zero attached hydrogens (tertiary/aromatic N) is 3. The summed E-state index contributed by atoms with van der Waals surface area (Å²) in [5.74, 6) is -0.598. The van der Waals surface area contributed by atoms with Crippen molar-refractivity contribution < 1.29 is 23.6 Å². The van der Waals surface area contributed by atoms with Crippen molar-refractivity contribution in [3.63, 3.8) is 0 Å². The first-order valence-corrected chi connectivity index (χ1v) is 14.9. The Hall–Kier alpha value is -3.80. The van der Waals surface area contributed by atoms with Crippen molar-refractivity contribution in [2.45, 2.75) is 84.0 Å². The number of fused-ring (bicyclic) bond motifs is 3. The number of benzene rings is 1. The first kappa shape index (κ1) is 31.1. The van der Waals surface area contributed by atoms with Crippen molar-refractivity contribution in [1.82, 2.24) is 36.4 Å². The molecule has 4 amide bonds. The molecular formula is C30H43N7O5. The molecule has 2 bridgehead atoms. The Morgan fingerprint density at radius 1 is 0.833 bits per heavy atom. The molecule has 12 nitrogen and oxygen atoms in total. The third-order valence-corrected chi connectivity index (χ3v) is 7.55. The van der Waals surface area contributed by atoms with Crippen molar-refractivity contribution >= 4 is 23.6 Å². The van der Waals surface area contributed by atoms with Crippen LogP contribution in [0.5, 0.6) is 0 Å². The van der Waals surface area contributed by atoms with Gasteiger partial charge >= 0.3 is 0 Å². The Labute approximate surface area is 246 Å². The van der Waals surface area contributed by atoms with Gasteiger partial charge < -0.3 is 25.7 Å². The van der Waals surface area contributed by atoms with Crippen molar-refractivity contribution in [2.75, 3.05) is 19.6 Å². The second-order valence-electron chi connectivity index (χ2n) is 12.0. The lowest BCUT2D eigenvalue weighted by atomic mass is 10.0. The Morgan fingerprint density at radius 3 is 2.12 bits per heavy atom. The molecule has 3 heterocycles. The van der Waals surface area contributed by atoms with Gasteiger partial charge in [0.25, 0.3) is 0 Å². The summed E-state index contributed by atoms with van der Waals surface area (Å²) in [4.78, 5) is 54.3. The molecule has 1 aromatic carbocycles. The van der Waals surface area contributed by atoms with E-state index in [2.05, 4.69) is 50.2 Å². The van der Waals surface area contributed by atoms with Crippen LogP contribution in [0.4, 0.5) is 0 Å². The summed E-state index contributed by atoms with van der Waals surface area (Å²) in [7, 11) is 0. The maximum absolute atomic E-state index is 13.3. The largest absolute Gasteiger partial charge is 0.421 e. The van der Waals surface area contributed by atoms with Gasteiger partial charge in [-0.2, -0.15) is 0 Å². The third kappa shape index (κ3) is 8.37. The third-order valence-electron chi connectivity index (χ3n) is 7.55. The van der Waals surface area contributed by atoms with E-state index in [1.807, 2.05) is 44.2 Å². The van der Waals surface area contributed by atoms with E-state index in [1.54, 1.807) is 0 Å². The summed E-state index contributed by atoms with van der Waals surface area (Å²) < 4.78 is 6.26. The molecule has 228 valence electrons. The van der Waals surface area contributed by atoms with Crippen LogP contribution in [0.2, 0.25) is 0 Å². The van der Waals surface area contributed by atoms with E-state index >= 15 is 0 Å². The summed E-state index contributed by atoms with van der Waals surface area (Å²) in [6, 6.07) is 7.38. The average Bonchev–Trinajstić information content (AvgIpc) is 3.63. The number of rotatable bonds is 6. The van der Waals surface area contributed by atoms with Crippen LogP contribution < -0.4 is 21.3 Å². The molecule has 1 saturated heterocycles. The van der Waals surface area contributed by atoms with Crippen LogP contribution in [0.15, 0.2) is 34.7 Å². The van der Waals surface area contributed by atoms with Gasteiger partial charge in [0.15, 0.2) is 0 Å². The summed E-state index contributed by atoms with van der Waals surface area (Å²) in [5, 5.41) is 19.8. The van der Waals surface area contributed by atoms with Gasteiger partial charge in [-0.3, -0.25) is 24.1 Å². The second-order valence-corrected chi connectivity index (χ2v) is 12.0. The van der Waals surface area contributed by atoms with E-state index in [0.717, 1.165) is 12.0 Å². The molecule has 12 heteroatoms. The lowest BCUT2D eigenvalue weighted by Gasteiger charge is -2.31. The fourth-order valence-electron chi connectivity index (χ4n) is 5.61. The summed E-state index contributed by atoms with van der Waals surface area (Å²) in [5.41, 5.74) is 0.962. The van der Waals surface area contributed by atoms with Crippen LogP contribution in [0.1, 0.15) is 82.8 Å². The summed E-state index contributed by atoms with van der Waals surface area (Å²) in [6.07, 6.45) is 2.90. The van der Waals surface area contributed by atoms with Crippen molar-refractivity contribution in [1.29, 1.82) is 0 Å². The molecule has 42 heavy (non-hydrogen) atoms. The van der Waals surface area contributed by atoms with Gasteiger partial charge in [0.05, 0.1) is 25.2 Å². The lowest BCUT2D eigenvalue weighted by Crippen LogP contribution is -2.53. The number of hydrogen-bond donors (Lipinski definition) is 4. The van der Waals surface area contributed by atoms with Crippen LogP contribution in [-0.4, -0.2) is 70.4 Å². The van der Waals surface area contributed by atoms with Gasteiger partial charge in [-0.1, -0.05) is 58.0 Å². The molecular weight excluding hydrogens is 538 g/mol. The molecule has 0 radical (unpaired) electrons. The highest BCUT2D eigenvalue weighted by molar-refractivity contribution is 5.92. The van der Waals surface area contributed by atoms with Crippen LogP contribution in [0.3, 0.4) is 0 Å². The highest BCUT2D eigenvalue weighted by Gasteiger charge is 2.39. The standard InChI is InChI=1S/C30H43N7O5/c1-18(2)13-21-27(40)31-16-26(39)34-22(15-20-9-6-5-7-10-20)29-35-36-30(42-29)24(14-19(3)4)37-12-8-11-23(37)28(41)32-17-25(38)33-21/h5-7,9-10,18-19,21-24H,8,11-17H2,1-4H3,(H,31,40)(H,32,41)(H,33,38)(H,34,39)/t21-,22-,23-,24?/m0/s1. The molecule has 4 N–H and O–H groups in total. The van der Waals surface area contributed by atoms with E-state index in [4.69, 9.17) is 4.42 Å². The number of nitrogens with one attached hydrogen (secondary N) is 4. The van der Waals surface area contributed by atoms with E-state index < -0.39 is 35.8 Å². The number of aromatic nitrogens is 2. The van der Waals surface area contributed by atoms with E-state index in [-0.39, 0.29) is 42.8 Å². The van der Waals surface area contributed by atoms with Gasteiger partial charge in [-0.15, -0.1) is 10.2 Å². The molecule has 1 aromatic heterocycles. The summed E-state index contributed by atoms with van der Waals surface area (Å²) >= 11 is 0. The normalized spacial score (nSPS) is 24.8. The van der Waals surface area contributed by atoms with Crippen molar-refractivity contribution in [2.24, 2.45) is 11.8 Å². The maximum Gasteiger partial charge on any atom is 0.243 e. The van der Waals surface area contributed by atoms with Gasteiger partial charge in [-0.25, -0.2) is 0 Å². The van der Waals surface area contributed by atoms with E-state index in [1.165, 1.54) is 0 Å². The van der Waals surface area contributed by atoms with Crippen LogP contribution in [0, 0.1) is 11.8 Å². The van der Waals surface area contributed by atoms with Crippen molar-refractivity contribution in [3.8, 4) is 0 Å².